The Kier molecular flexibility index (Phi) is 3.56. The Bertz CT molecular complexity index is 445. The zero-order valence-corrected chi connectivity index (χ0v) is 9.55. The van der Waals surface area contributed by atoms with Crippen molar-refractivity contribution in [3.63, 3.8) is 0 Å². The van der Waals surface area contributed by atoms with Crippen LogP contribution in [-0.4, -0.2) is 25.0 Å². The van der Waals surface area contributed by atoms with Crippen LogP contribution in [0.15, 0.2) is 24.3 Å². The molecule has 18 heavy (non-hydrogen) atoms. The molecule has 0 unspecified atom stereocenters. The van der Waals surface area contributed by atoms with E-state index in [9.17, 15) is 18.0 Å². The number of carbonyl (C=O) groups is 1. The number of halogens is 3. The van der Waals surface area contributed by atoms with Crippen LogP contribution in [0.4, 0.5) is 13.2 Å². The van der Waals surface area contributed by atoms with Gasteiger partial charge in [0.25, 0.3) is 0 Å². The molecule has 0 bridgehead atoms. The predicted molar refractivity (Wildman–Crippen MR) is 59.9 cm³/mol. The molecule has 1 aromatic carbocycles. The Hall–Kier alpha value is -1.56. The van der Waals surface area contributed by atoms with Gasteiger partial charge in [0.2, 0.25) is 5.91 Å². The highest BCUT2D eigenvalue weighted by Gasteiger charge is 2.34. The van der Waals surface area contributed by atoms with Crippen molar-refractivity contribution in [1.82, 2.24) is 10.6 Å². The van der Waals surface area contributed by atoms with Crippen molar-refractivity contribution in [3.8, 4) is 0 Å². The summed E-state index contributed by atoms with van der Waals surface area (Å²) in [6.45, 7) is 1.08. The van der Waals surface area contributed by atoms with Crippen molar-refractivity contribution < 1.29 is 18.0 Å². The zero-order chi connectivity index (χ0) is 13.2. The number of carbonyl (C=O) groups excluding carboxylic acids is 1. The Morgan fingerprint density at radius 1 is 1.22 bits per heavy atom. The van der Waals surface area contributed by atoms with Gasteiger partial charge in [-0.05, 0) is 18.1 Å². The lowest BCUT2D eigenvalue weighted by molar-refractivity contribution is -0.138. The van der Waals surface area contributed by atoms with Crippen LogP contribution in [0.5, 0.6) is 0 Å². The second-order valence-electron chi connectivity index (χ2n) is 4.16. The molecule has 98 valence electrons. The third-order valence-electron chi connectivity index (χ3n) is 2.88. The van der Waals surface area contributed by atoms with Crippen LogP contribution in [0.1, 0.15) is 11.1 Å². The summed E-state index contributed by atoms with van der Waals surface area (Å²) in [6, 6.07) is 4.75. The van der Waals surface area contributed by atoms with E-state index in [0.717, 1.165) is 6.07 Å². The van der Waals surface area contributed by atoms with Crippen LogP contribution in [0.3, 0.4) is 0 Å². The molecular formula is C12H13F3N2O. The molecule has 2 N–H and O–H groups in total. The van der Waals surface area contributed by atoms with Gasteiger partial charge in [0.05, 0.1) is 11.6 Å². The Morgan fingerprint density at radius 3 is 2.61 bits per heavy atom. The molecule has 1 atom stereocenters. The minimum atomic E-state index is -4.39. The topological polar surface area (TPSA) is 41.1 Å². The van der Waals surface area contributed by atoms with Crippen LogP contribution in [-0.2, 0) is 17.4 Å². The minimum Gasteiger partial charge on any atom is -0.353 e. The Balaban J connectivity index is 2.21. The maximum Gasteiger partial charge on any atom is 0.416 e. The number of alkyl halides is 3. The van der Waals surface area contributed by atoms with E-state index < -0.39 is 17.8 Å². The molecule has 6 heteroatoms. The second-order valence-corrected chi connectivity index (χ2v) is 4.16. The molecule has 1 aromatic rings. The zero-order valence-electron chi connectivity index (χ0n) is 9.55. The fourth-order valence-corrected chi connectivity index (χ4v) is 2.01. The van der Waals surface area contributed by atoms with E-state index in [4.69, 9.17) is 0 Å². The van der Waals surface area contributed by atoms with Crippen molar-refractivity contribution in [2.75, 3.05) is 13.1 Å². The minimum absolute atomic E-state index is 0.0432. The first-order chi connectivity index (χ1) is 8.48. The molecule has 1 saturated heterocycles. The van der Waals surface area contributed by atoms with Crippen molar-refractivity contribution in [2.24, 2.45) is 0 Å². The average molecular weight is 258 g/mol. The summed E-state index contributed by atoms with van der Waals surface area (Å²) in [5, 5.41) is 5.54. The van der Waals surface area contributed by atoms with Crippen LogP contribution in [0, 0.1) is 0 Å². The maximum atomic E-state index is 12.8. The van der Waals surface area contributed by atoms with Gasteiger partial charge in [-0.1, -0.05) is 18.2 Å². The number of amides is 1. The Labute approximate surface area is 102 Å². The first kappa shape index (κ1) is 12.9. The lowest BCUT2D eigenvalue weighted by atomic mass is 9.98. The summed E-state index contributed by atoms with van der Waals surface area (Å²) in [5.74, 6) is -0.252. The average Bonchev–Trinajstić information content (AvgIpc) is 2.31. The number of rotatable bonds is 2. The Morgan fingerprint density at radius 2 is 1.94 bits per heavy atom. The molecule has 0 saturated carbocycles. The van der Waals surface area contributed by atoms with Gasteiger partial charge in [-0.2, -0.15) is 13.2 Å². The van der Waals surface area contributed by atoms with Crippen LogP contribution in [0.2, 0.25) is 0 Å². The fraction of sp³-hybridized carbons (Fsp3) is 0.417. The smallest absolute Gasteiger partial charge is 0.353 e. The first-order valence-corrected chi connectivity index (χ1v) is 5.64. The monoisotopic (exact) mass is 258 g/mol. The second kappa shape index (κ2) is 4.97. The van der Waals surface area contributed by atoms with Crippen molar-refractivity contribution in [1.29, 1.82) is 0 Å². The lowest BCUT2D eigenvalue weighted by Gasteiger charge is -2.24. The highest BCUT2D eigenvalue weighted by molar-refractivity contribution is 5.82. The van der Waals surface area contributed by atoms with Gasteiger partial charge in [0, 0.05) is 13.1 Å². The van der Waals surface area contributed by atoms with Gasteiger partial charge in [0.15, 0.2) is 0 Å². The molecule has 1 aliphatic heterocycles. The molecule has 2 rings (SSSR count). The number of piperazine rings is 1. The molecule has 1 fully saturated rings. The summed E-state index contributed by atoms with van der Waals surface area (Å²) in [6.07, 6.45) is -4.34. The summed E-state index contributed by atoms with van der Waals surface area (Å²) in [4.78, 5) is 11.5. The van der Waals surface area contributed by atoms with Crippen molar-refractivity contribution in [2.45, 2.75) is 18.6 Å². The highest BCUT2D eigenvalue weighted by Crippen LogP contribution is 2.32. The van der Waals surface area contributed by atoms with E-state index in [2.05, 4.69) is 10.6 Å². The van der Waals surface area contributed by atoms with Crippen molar-refractivity contribution >= 4 is 5.91 Å². The van der Waals surface area contributed by atoms with Crippen LogP contribution < -0.4 is 10.6 Å². The van der Waals surface area contributed by atoms with Crippen LogP contribution >= 0.6 is 0 Å². The molecule has 1 amide bonds. The molecule has 0 aliphatic carbocycles. The molecule has 0 spiro atoms. The van der Waals surface area contributed by atoms with E-state index in [-0.39, 0.29) is 17.9 Å². The van der Waals surface area contributed by atoms with Gasteiger partial charge in [-0.25, -0.2) is 0 Å². The quantitative estimate of drug-likeness (QED) is 0.840. The summed E-state index contributed by atoms with van der Waals surface area (Å²) >= 11 is 0. The summed E-state index contributed by atoms with van der Waals surface area (Å²) in [5.41, 5.74) is -0.537. The fourth-order valence-electron chi connectivity index (χ4n) is 2.01. The van der Waals surface area contributed by atoms with Gasteiger partial charge in [0.1, 0.15) is 0 Å². The number of hydrogen-bond donors (Lipinski definition) is 2. The normalized spacial score (nSPS) is 20.6. The van der Waals surface area contributed by atoms with E-state index in [1.165, 1.54) is 12.1 Å². The maximum absolute atomic E-state index is 12.8. The van der Waals surface area contributed by atoms with Gasteiger partial charge in [-0.15, -0.1) is 0 Å². The van der Waals surface area contributed by atoms with Crippen molar-refractivity contribution in [3.05, 3.63) is 35.4 Å². The molecule has 1 heterocycles. The van der Waals surface area contributed by atoms with E-state index >= 15 is 0 Å². The number of benzene rings is 1. The van der Waals surface area contributed by atoms with Crippen LogP contribution in [0.25, 0.3) is 0 Å². The number of nitrogens with one attached hydrogen (secondary N) is 2. The summed E-state index contributed by atoms with van der Waals surface area (Å²) in [7, 11) is 0. The predicted octanol–water partition coefficient (Wildman–Crippen LogP) is 1.34. The first-order valence-electron chi connectivity index (χ1n) is 5.64. The molecule has 1 aliphatic rings. The van der Waals surface area contributed by atoms with Gasteiger partial charge >= 0.3 is 6.18 Å². The standard InChI is InChI=1S/C12H13F3N2O/c13-12(14,15)9-4-2-1-3-8(9)7-10-11(18)17-6-5-16-10/h1-4,10,16H,5-7H2,(H,17,18)/t10-/m0/s1. The number of hydrogen-bond acceptors (Lipinski definition) is 2. The highest BCUT2D eigenvalue weighted by atomic mass is 19.4. The molecule has 0 aromatic heterocycles. The third kappa shape index (κ3) is 2.81. The molecule has 0 radical (unpaired) electrons. The SMILES string of the molecule is O=C1NCCN[C@H]1Cc1ccccc1C(F)(F)F. The third-order valence-corrected chi connectivity index (χ3v) is 2.88. The molecule has 3 nitrogen and oxygen atoms in total. The van der Waals surface area contributed by atoms with Gasteiger partial charge < -0.3 is 10.6 Å². The summed E-state index contributed by atoms with van der Waals surface area (Å²) < 4.78 is 38.3. The molecular weight excluding hydrogens is 245 g/mol. The van der Waals surface area contributed by atoms with Gasteiger partial charge in [-0.3, -0.25) is 4.79 Å². The van der Waals surface area contributed by atoms with E-state index in [1.807, 2.05) is 0 Å². The van der Waals surface area contributed by atoms with E-state index in [1.54, 1.807) is 6.07 Å². The van der Waals surface area contributed by atoms with E-state index in [0.29, 0.717) is 13.1 Å². The lowest BCUT2D eigenvalue weighted by Crippen LogP contribution is -2.53. The largest absolute Gasteiger partial charge is 0.416 e.